The average molecular weight is 368 g/mol. The Balaban J connectivity index is 1.82. The molecule has 0 saturated carbocycles. The van der Waals surface area contributed by atoms with E-state index < -0.39 is 5.60 Å². The largest absolute Gasteiger partial charge is 0.497 e. The standard InChI is InChI=1S/C22H28N2O3/c1-22(2,3)27-21(25)24-13-12-23(20-11-6-5-9-18(20)16-24)15-17-8-7-10-19(14-17)26-4/h5-11,14H,12-13,15-16H2,1-4H3. The highest BCUT2D eigenvalue weighted by Gasteiger charge is 2.26. The molecule has 0 aliphatic carbocycles. The van der Waals surface area contributed by atoms with E-state index in [0.717, 1.165) is 30.1 Å². The van der Waals surface area contributed by atoms with E-state index in [1.54, 1.807) is 12.0 Å². The minimum atomic E-state index is -0.497. The van der Waals surface area contributed by atoms with Gasteiger partial charge in [-0.2, -0.15) is 0 Å². The SMILES string of the molecule is COc1cccc(CN2CCN(C(=O)OC(C)(C)C)Cc3ccccc32)c1. The van der Waals surface area contributed by atoms with E-state index in [-0.39, 0.29) is 6.09 Å². The van der Waals surface area contributed by atoms with Crippen molar-refractivity contribution in [2.75, 3.05) is 25.1 Å². The quantitative estimate of drug-likeness (QED) is 0.803. The lowest BCUT2D eigenvalue weighted by atomic mass is 10.1. The van der Waals surface area contributed by atoms with Crippen molar-refractivity contribution in [1.82, 2.24) is 4.90 Å². The van der Waals surface area contributed by atoms with Crippen LogP contribution in [0.1, 0.15) is 31.9 Å². The van der Waals surface area contributed by atoms with E-state index in [0.29, 0.717) is 13.1 Å². The third kappa shape index (κ3) is 4.94. The lowest BCUT2D eigenvalue weighted by Gasteiger charge is -2.27. The molecule has 0 N–H and O–H groups in total. The predicted octanol–water partition coefficient (Wildman–Crippen LogP) is 4.45. The summed E-state index contributed by atoms with van der Waals surface area (Å²) in [6, 6.07) is 16.4. The lowest BCUT2D eigenvalue weighted by molar-refractivity contribution is 0.0243. The molecule has 0 bridgehead atoms. The number of ether oxygens (including phenoxy) is 2. The minimum Gasteiger partial charge on any atom is -0.497 e. The molecule has 0 radical (unpaired) electrons. The second kappa shape index (κ2) is 7.91. The average Bonchev–Trinajstić information content (AvgIpc) is 2.81. The molecule has 0 atom stereocenters. The van der Waals surface area contributed by atoms with Crippen LogP contribution in [-0.4, -0.2) is 36.8 Å². The number of methoxy groups -OCH3 is 1. The first-order chi connectivity index (χ1) is 12.9. The predicted molar refractivity (Wildman–Crippen MR) is 107 cm³/mol. The van der Waals surface area contributed by atoms with Gasteiger partial charge in [-0.15, -0.1) is 0 Å². The zero-order valence-corrected chi connectivity index (χ0v) is 16.6. The molecule has 144 valence electrons. The summed E-state index contributed by atoms with van der Waals surface area (Å²) in [6.45, 7) is 8.36. The van der Waals surface area contributed by atoms with E-state index in [1.807, 2.05) is 45.0 Å². The van der Waals surface area contributed by atoms with Crippen LogP contribution in [0.5, 0.6) is 5.75 Å². The van der Waals surface area contributed by atoms with Crippen LogP contribution >= 0.6 is 0 Å². The van der Waals surface area contributed by atoms with Gasteiger partial charge >= 0.3 is 6.09 Å². The molecule has 3 rings (SSSR count). The van der Waals surface area contributed by atoms with Crippen LogP contribution in [0.4, 0.5) is 10.5 Å². The van der Waals surface area contributed by atoms with Gasteiger partial charge in [-0.1, -0.05) is 30.3 Å². The summed E-state index contributed by atoms with van der Waals surface area (Å²) in [7, 11) is 1.68. The number of hydrogen-bond donors (Lipinski definition) is 0. The Hall–Kier alpha value is -2.69. The number of amides is 1. The van der Waals surface area contributed by atoms with Gasteiger partial charge in [0.2, 0.25) is 0 Å². The number of para-hydroxylation sites is 1. The van der Waals surface area contributed by atoms with Crippen molar-refractivity contribution in [3.63, 3.8) is 0 Å². The first kappa shape index (κ1) is 19.1. The summed E-state index contributed by atoms with van der Waals surface area (Å²) in [5, 5.41) is 0. The van der Waals surface area contributed by atoms with Crippen LogP contribution in [0.25, 0.3) is 0 Å². The van der Waals surface area contributed by atoms with Gasteiger partial charge in [-0.3, -0.25) is 0 Å². The van der Waals surface area contributed by atoms with Crippen molar-refractivity contribution < 1.29 is 14.3 Å². The molecule has 0 aromatic heterocycles. The summed E-state index contributed by atoms with van der Waals surface area (Å²) in [5.74, 6) is 0.853. The third-order valence-electron chi connectivity index (χ3n) is 4.49. The minimum absolute atomic E-state index is 0.263. The highest BCUT2D eigenvalue weighted by Crippen LogP contribution is 2.28. The number of benzene rings is 2. The van der Waals surface area contributed by atoms with E-state index in [1.165, 1.54) is 5.56 Å². The van der Waals surface area contributed by atoms with Crippen molar-refractivity contribution in [1.29, 1.82) is 0 Å². The molecule has 0 spiro atoms. The molecular formula is C22H28N2O3. The number of hydrogen-bond acceptors (Lipinski definition) is 4. The normalized spacial score (nSPS) is 14.4. The molecule has 0 unspecified atom stereocenters. The summed E-state index contributed by atoms with van der Waals surface area (Å²) < 4.78 is 10.9. The second-order valence-electron chi connectivity index (χ2n) is 7.80. The summed E-state index contributed by atoms with van der Waals surface area (Å²) in [4.78, 5) is 16.7. The Bertz CT molecular complexity index is 798. The Morgan fingerprint density at radius 3 is 2.59 bits per heavy atom. The zero-order valence-electron chi connectivity index (χ0n) is 16.6. The van der Waals surface area contributed by atoms with Crippen LogP contribution in [-0.2, 0) is 17.8 Å². The van der Waals surface area contributed by atoms with Crippen LogP contribution in [0.3, 0.4) is 0 Å². The Morgan fingerprint density at radius 2 is 1.85 bits per heavy atom. The van der Waals surface area contributed by atoms with Gasteiger partial charge in [-0.25, -0.2) is 4.79 Å². The van der Waals surface area contributed by atoms with E-state index in [9.17, 15) is 4.79 Å². The highest BCUT2D eigenvalue weighted by atomic mass is 16.6. The first-order valence-electron chi connectivity index (χ1n) is 9.29. The Labute approximate surface area is 161 Å². The summed E-state index contributed by atoms with van der Waals surface area (Å²) >= 11 is 0. The number of rotatable bonds is 3. The molecule has 2 aromatic rings. The van der Waals surface area contributed by atoms with Crippen LogP contribution in [0.2, 0.25) is 0 Å². The van der Waals surface area contributed by atoms with Crippen LogP contribution in [0.15, 0.2) is 48.5 Å². The van der Waals surface area contributed by atoms with Gasteiger partial charge in [0.15, 0.2) is 0 Å². The fraction of sp³-hybridized carbons (Fsp3) is 0.409. The molecule has 1 heterocycles. The Kier molecular flexibility index (Phi) is 5.59. The molecule has 0 saturated heterocycles. The van der Waals surface area contributed by atoms with Crippen molar-refractivity contribution >= 4 is 11.8 Å². The monoisotopic (exact) mass is 368 g/mol. The summed E-state index contributed by atoms with van der Waals surface area (Å²) in [5.41, 5.74) is 2.97. The molecule has 1 amide bonds. The second-order valence-corrected chi connectivity index (χ2v) is 7.80. The lowest BCUT2D eigenvalue weighted by Crippen LogP contribution is -2.39. The maximum absolute atomic E-state index is 12.6. The molecule has 0 fully saturated rings. The van der Waals surface area contributed by atoms with Crippen molar-refractivity contribution in [2.24, 2.45) is 0 Å². The van der Waals surface area contributed by atoms with Crippen molar-refractivity contribution in [3.05, 3.63) is 59.7 Å². The number of carbonyl (C=O) groups is 1. The van der Waals surface area contributed by atoms with Crippen molar-refractivity contribution in [2.45, 2.75) is 39.5 Å². The van der Waals surface area contributed by atoms with Crippen molar-refractivity contribution in [3.8, 4) is 5.75 Å². The van der Waals surface area contributed by atoms with E-state index in [2.05, 4.69) is 29.2 Å². The molecule has 27 heavy (non-hydrogen) atoms. The maximum Gasteiger partial charge on any atom is 0.410 e. The van der Waals surface area contributed by atoms with Crippen LogP contribution < -0.4 is 9.64 Å². The first-order valence-corrected chi connectivity index (χ1v) is 9.29. The number of fused-ring (bicyclic) bond motifs is 1. The van der Waals surface area contributed by atoms with Gasteiger partial charge in [0.1, 0.15) is 11.4 Å². The molecular weight excluding hydrogens is 340 g/mol. The number of anilines is 1. The van der Waals surface area contributed by atoms with Gasteiger partial charge in [0.25, 0.3) is 0 Å². The molecule has 5 nitrogen and oxygen atoms in total. The number of nitrogens with zero attached hydrogens (tertiary/aromatic N) is 2. The number of carbonyl (C=O) groups excluding carboxylic acids is 1. The molecule has 1 aliphatic heterocycles. The van der Waals surface area contributed by atoms with Gasteiger partial charge in [0, 0.05) is 25.3 Å². The molecule has 1 aliphatic rings. The fourth-order valence-electron chi connectivity index (χ4n) is 3.24. The van der Waals surface area contributed by atoms with E-state index in [4.69, 9.17) is 9.47 Å². The Morgan fingerprint density at radius 1 is 1.07 bits per heavy atom. The van der Waals surface area contributed by atoms with Gasteiger partial charge in [-0.05, 0) is 50.1 Å². The topological polar surface area (TPSA) is 42.0 Å². The smallest absolute Gasteiger partial charge is 0.410 e. The fourth-order valence-corrected chi connectivity index (χ4v) is 3.24. The maximum atomic E-state index is 12.6. The highest BCUT2D eigenvalue weighted by molar-refractivity contribution is 5.69. The molecule has 5 heteroatoms. The van der Waals surface area contributed by atoms with E-state index >= 15 is 0 Å². The summed E-state index contributed by atoms with van der Waals surface area (Å²) in [6.07, 6.45) is -0.263. The third-order valence-corrected chi connectivity index (χ3v) is 4.49. The molecule has 2 aromatic carbocycles. The van der Waals surface area contributed by atoms with Crippen LogP contribution in [0, 0.1) is 0 Å². The zero-order chi connectivity index (χ0) is 19.4. The van der Waals surface area contributed by atoms with Gasteiger partial charge in [0.05, 0.1) is 13.7 Å². The van der Waals surface area contributed by atoms with Gasteiger partial charge < -0.3 is 19.3 Å².